The second-order valence-corrected chi connectivity index (χ2v) is 3.60. The SMILES string of the molecule is CCC=Nc1ccccc1-c1ccccc1. The molecule has 16 heavy (non-hydrogen) atoms. The maximum absolute atomic E-state index is 4.48. The fourth-order valence-corrected chi connectivity index (χ4v) is 1.64. The van der Waals surface area contributed by atoms with Gasteiger partial charge >= 0.3 is 0 Å². The molecule has 0 spiro atoms. The lowest BCUT2D eigenvalue weighted by Gasteiger charge is -2.04. The highest BCUT2D eigenvalue weighted by Gasteiger charge is 2.01. The van der Waals surface area contributed by atoms with Crippen molar-refractivity contribution in [2.45, 2.75) is 13.3 Å². The third kappa shape index (κ3) is 2.37. The molecule has 0 aliphatic heterocycles. The average Bonchev–Trinajstić information content (AvgIpc) is 2.38. The van der Waals surface area contributed by atoms with Crippen LogP contribution in [0.1, 0.15) is 13.3 Å². The van der Waals surface area contributed by atoms with Crippen LogP contribution in [0.5, 0.6) is 0 Å². The lowest BCUT2D eigenvalue weighted by Crippen LogP contribution is -1.78. The quantitative estimate of drug-likeness (QED) is 0.661. The van der Waals surface area contributed by atoms with Gasteiger partial charge in [-0.2, -0.15) is 0 Å². The summed E-state index contributed by atoms with van der Waals surface area (Å²) in [5, 5.41) is 0. The van der Waals surface area contributed by atoms with Crippen LogP contribution in [0.25, 0.3) is 11.1 Å². The van der Waals surface area contributed by atoms with Crippen LogP contribution in [0.4, 0.5) is 5.69 Å². The third-order valence-electron chi connectivity index (χ3n) is 2.40. The summed E-state index contributed by atoms with van der Waals surface area (Å²) in [6, 6.07) is 18.6. The molecule has 0 N–H and O–H groups in total. The number of para-hydroxylation sites is 1. The number of nitrogens with zero attached hydrogens (tertiary/aromatic N) is 1. The van der Waals surface area contributed by atoms with Gasteiger partial charge in [-0.05, 0) is 18.1 Å². The van der Waals surface area contributed by atoms with E-state index in [0.29, 0.717) is 0 Å². The highest BCUT2D eigenvalue weighted by atomic mass is 14.7. The summed E-state index contributed by atoms with van der Waals surface area (Å²) in [6.07, 6.45) is 2.91. The lowest BCUT2D eigenvalue weighted by molar-refractivity contribution is 1.31. The van der Waals surface area contributed by atoms with E-state index in [4.69, 9.17) is 0 Å². The predicted octanol–water partition coefficient (Wildman–Crippen LogP) is 4.47. The van der Waals surface area contributed by atoms with Crippen LogP contribution in [-0.4, -0.2) is 6.21 Å². The first-order valence-electron chi connectivity index (χ1n) is 5.59. The van der Waals surface area contributed by atoms with Crippen LogP contribution in [0.15, 0.2) is 59.6 Å². The number of benzene rings is 2. The molecule has 0 unspecified atom stereocenters. The maximum atomic E-state index is 4.48. The van der Waals surface area contributed by atoms with Crippen molar-refractivity contribution < 1.29 is 0 Å². The second-order valence-electron chi connectivity index (χ2n) is 3.60. The normalized spacial score (nSPS) is 10.8. The van der Waals surface area contributed by atoms with Crippen molar-refractivity contribution in [1.29, 1.82) is 0 Å². The van der Waals surface area contributed by atoms with Crippen LogP contribution < -0.4 is 0 Å². The van der Waals surface area contributed by atoms with Crippen LogP contribution in [0.2, 0.25) is 0 Å². The van der Waals surface area contributed by atoms with Gasteiger partial charge in [0.1, 0.15) is 0 Å². The van der Waals surface area contributed by atoms with Crippen molar-refractivity contribution in [2.24, 2.45) is 4.99 Å². The smallest absolute Gasteiger partial charge is 0.0704 e. The molecule has 2 rings (SSSR count). The number of hydrogen-bond acceptors (Lipinski definition) is 1. The molecule has 2 aromatic rings. The molecule has 0 aliphatic rings. The lowest BCUT2D eigenvalue weighted by atomic mass is 10.0. The molecule has 0 fully saturated rings. The molecule has 0 bridgehead atoms. The Morgan fingerprint density at radius 3 is 2.38 bits per heavy atom. The highest BCUT2D eigenvalue weighted by molar-refractivity contribution is 5.78. The summed E-state index contributed by atoms with van der Waals surface area (Å²) in [7, 11) is 0. The minimum absolute atomic E-state index is 0.961. The van der Waals surface area contributed by atoms with Crippen molar-refractivity contribution in [2.75, 3.05) is 0 Å². The molecular formula is C15H15N. The summed E-state index contributed by atoms with van der Waals surface area (Å²) in [6.45, 7) is 2.09. The topological polar surface area (TPSA) is 12.4 Å². The summed E-state index contributed by atoms with van der Waals surface area (Å²) in [4.78, 5) is 4.48. The zero-order valence-corrected chi connectivity index (χ0v) is 9.43. The summed E-state index contributed by atoms with van der Waals surface area (Å²) < 4.78 is 0. The molecule has 0 atom stereocenters. The standard InChI is InChI=1S/C15H15N/c1-2-12-16-15-11-7-6-10-14(15)13-8-4-3-5-9-13/h3-12H,2H2,1H3. The van der Waals surface area contributed by atoms with Crippen molar-refractivity contribution >= 4 is 11.9 Å². The first kappa shape index (κ1) is 10.6. The molecule has 0 radical (unpaired) electrons. The molecule has 0 aliphatic carbocycles. The zero-order valence-electron chi connectivity index (χ0n) is 9.43. The van der Waals surface area contributed by atoms with Gasteiger partial charge in [0.05, 0.1) is 5.69 Å². The summed E-state index contributed by atoms with van der Waals surface area (Å²) in [5.41, 5.74) is 3.44. The van der Waals surface area contributed by atoms with E-state index in [1.807, 2.05) is 24.4 Å². The van der Waals surface area contributed by atoms with Crippen LogP contribution in [-0.2, 0) is 0 Å². The van der Waals surface area contributed by atoms with Crippen LogP contribution in [0, 0.1) is 0 Å². The van der Waals surface area contributed by atoms with Crippen molar-refractivity contribution in [3.05, 3.63) is 54.6 Å². The Hall–Kier alpha value is -1.89. The molecule has 2 aromatic carbocycles. The van der Waals surface area contributed by atoms with Gasteiger partial charge in [0.2, 0.25) is 0 Å². The molecule has 80 valence electrons. The van der Waals surface area contributed by atoms with E-state index >= 15 is 0 Å². The van der Waals surface area contributed by atoms with Gasteiger partial charge in [-0.1, -0.05) is 55.5 Å². The molecule has 1 nitrogen and oxygen atoms in total. The Labute approximate surface area is 96.5 Å². The molecule has 0 heterocycles. The monoisotopic (exact) mass is 209 g/mol. The van der Waals surface area contributed by atoms with Crippen molar-refractivity contribution in [3.8, 4) is 11.1 Å². The van der Waals surface area contributed by atoms with E-state index in [-0.39, 0.29) is 0 Å². The minimum Gasteiger partial charge on any atom is -0.261 e. The Balaban J connectivity index is 2.45. The van der Waals surface area contributed by atoms with Gasteiger partial charge in [-0.3, -0.25) is 4.99 Å². The van der Waals surface area contributed by atoms with E-state index in [2.05, 4.69) is 48.3 Å². The fraction of sp³-hybridized carbons (Fsp3) is 0.133. The van der Waals surface area contributed by atoms with Gasteiger partial charge < -0.3 is 0 Å². The summed E-state index contributed by atoms with van der Waals surface area (Å²) >= 11 is 0. The first-order chi connectivity index (χ1) is 7.92. The van der Waals surface area contributed by atoms with Crippen molar-refractivity contribution in [1.82, 2.24) is 0 Å². The van der Waals surface area contributed by atoms with Crippen LogP contribution >= 0.6 is 0 Å². The number of hydrogen-bond donors (Lipinski definition) is 0. The predicted molar refractivity (Wildman–Crippen MR) is 70.3 cm³/mol. The molecule has 1 heteroatoms. The van der Waals surface area contributed by atoms with E-state index < -0.39 is 0 Å². The minimum atomic E-state index is 0.961. The van der Waals surface area contributed by atoms with Crippen LogP contribution in [0.3, 0.4) is 0 Å². The van der Waals surface area contributed by atoms with Gasteiger partial charge in [-0.25, -0.2) is 0 Å². The molecule has 0 amide bonds. The molecule has 0 saturated heterocycles. The Kier molecular flexibility index (Phi) is 3.50. The average molecular weight is 209 g/mol. The Morgan fingerprint density at radius 1 is 0.938 bits per heavy atom. The van der Waals surface area contributed by atoms with Gasteiger partial charge in [0.25, 0.3) is 0 Å². The third-order valence-corrected chi connectivity index (χ3v) is 2.40. The fourth-order valence-electron chi connectivity index (χ4n) is 1.64. The van der Waals surface area contributed by atoms with E-state index in [0.717, 1.165) is 12.1 Å². The second kappa shape index (κ2) is 5.26. The molecule has 0 aromatic heterocycles. The van der Waals surface area contributed by atoms with Gasteiger partial charge in [-0.15, -0.1) is 0 Å². The van der Waals surface area contributed by atoms with Crippen molar-refractivity contribution in [3.63, 3.8) is 0 Å². The van der Waals surface area contributed by atoms with E-state index in [1.54, 1.807) is 0 Å². The number of rotatable bonds is 3. The Morgan fingerprint density at radius 2 is 1.62 bits per heavy atom. The number of aliphatic imine (C=N–C) groups is 1. The first-order valence-corrected chi connectivity index (χ1v) is 5.59. The maximum Gasteiger partial charge on any atom is 0.0704 e. The highest BCUT2D eigenvalue weighted by Crippen LogP contribution is 2.29. The molecular weight excluding hydrogens is 194 g/mol. The summed E-state index contributed by atoms with van der Waals surface area (Å²) in [5.74, 6) is 0. The van der Waals surface area contributed by atoms with Gasteiger partial charge in [0, 0.05) is 11.8 Å². The van der Waals surface area contributed by atoms with E-state index in [1.165, 1.54) is 11.1 Å². The Bertz CT molecular complexity index is 472. The molecule has 0 saturated carbocycles. The zero-order chi connectivity index (χ0) is 11.2. The van der Waals surface area contributed by atoms with Gasteiger partial charge in [0.15, 0.2) is 0 Å². The van der Waals surface area contributed by atoms with E-state index in [9.17, 15) is 0 Å². The largest absolute Gasteiger partial charge is 0.261 e.